The molecule has 1 aromatic carbocycles. The van der Waals surface area contributed by atoms with Crippen molar-refractivity contribution in [1.82, 2.24) is 10.6 Å². The first-order valence-corrected chi connectivity index (χ1v) is 10.1. The van der Waals surface area contributed by atoms with Gasteiger partial charge in [-0.3, -0.25) is 0 Å². The number of hydrogen-bond acceptors (Lipinski definition) is 3. The first-order valence-electron chi connectivity index (χ1n) is 10.1. The van der Waals surface area contributed by atoms with E-state index in [4.69, 9.17) is 14.5 Å². The minimum atomic E-state index is 0. The van der Waals surface area contributed by atoms with Gasteiger partial charge in [0, 0.05) is 32.7 Å². The summed E-state index contributed by atoms with van der Waals surface area (Å²) in [5.74, 6) is 1.38. The Kier molecular flexibility index (Phi) is 11.4. The number of nitrogens with one attached hydrogen (secondary N) is 2. The summed E-state index contributed by atoms with van der Waals surface area (Å²) in [7, 11) is 1.72. The van der Waals surface area contributed by atoms with Crippen LogP contribution in [0.25, 0.3) is 0 Å². The van der Waals surface area contributed by atoms with E-state index in [1.54, 1.807) is 7.11 Å². The highest BCUT2D eigenvalue weighted by Crippen LogP contribution is 2.33. The molecule has 0 amide bonds. The normalized spacial score (nSPS) is 20.4. The van der Waals surface area contributed by atoms with Crippen LogP contribution in [-0.2, 0) is 22.6 Å². The lowest BCUT2D eigenvalue weighted by atomic mass is 9.78. The summed E-state index contributed by atoms with van der Waals surface area (Å²) in [6.07, 6.45) is 2.63. The van der Waals surface area contributed by atoms with E-state index in [1.807, 2.05) is 0 Å². The molecule has 1 heterocycles. The van der Waals surface area contributed by atoms with E-state index >= 15 is 0 Å². The van der Waals surface area contributed by atoms with Crippen molar-refractivity contribution in [2.24, 2.45) is 16.3 Å². The third-order valence-corrected chi connectivity index (χ3v) is 4.93. The highest BCUT2D eigenvalue weighted by molar-refractivity contribution is 14.0. The summed E-state index contributed by atoms with van der Waals surface area (Å²) < 4.78 is 11.3. The smallest absolute Gasteiger partial charge is 0.191 e. The zero-order valence-electron chi connectivity index (χ0n) is 18.1. The Bertz CT molecular complexity index is 584. The molecule has 1 aliphatic rings. The second-order valence-electron chi connectivity index (χ2n) is 8.39. The lowest BCUT2D eigenvalue weighted by molar-refractivity contribution is -0.0835. The van der Waals surface area contributed by atoms with Gasteiger partial charge in [-0.15, -0.1) is 24.0 Å². The maximum Gasteiger partial charge on any atom is 0.191 e. The average molecular weight is 503 g/mol. The number of nitrogens with zero attached hydrogens (tertiary/aromatic N) is 1. The summed E-state index contributed by atoms with van der Waals surface area (Å²) >= 11 is 0. The number of hydrogen-bond donors (Lipinski definition) is 2. The van der Waals surface area contributed by atoms with Gasteiger partial charge < -0.3 is 20.1 Å². The maximum atomic E-state index is 6.10. The zero-order valence-corrected chi connectivity index (χ0v) is 20.4. The van der Waals surface area contributed by atoms with Gasteiger partial charge in [-0.2, -0.15) is 0 Å². The molecule has 0 bridgehead atoms. The van der Waals surface area contributed by atoms with Gasteiger partial charge >= 0.3 is 0 Å². The van der Waals surface area contributed by atoms with Gasteiger partial charge in [-0.05, 0) is 36.3 Å². The van der Waals surface area contributed by atoms with E-state index < -0.39 is 0 Å². The Morgan fingerprint density at radius 3 is 2.46 bits per heavy atom. The van der Waals surface area contributed by atoms with E-state index in [2.05, 4.69) is 62.6 Å². The summed E-state index contributed by atoms with van der Waals surface area (Å²) in [6.45, 7) is 12.8. The quantitative estimate of drug-likeness (QED) is 0.330. The number of rotatable bonds is 7. The molecule has 2 N–H and O–H groups in total. The lowest BCUT2D eigenvalue weighted by Gasteiger charge is -2.40. The molecule has 5 nitrogen and oxygen atoms in total. The Labute approximate surface area is 188 Å². The van der Waals surface area contributed by atoms with Gasteiger partial charge in [0.15, 0.2) is 5.96 Å². The molecule has 6 heteroatoms. The van der Waals surface area contributed by atoms with Crippen molar-refractivity contribution in [2.75, 3.05) is 26.8 Å². The van der Waals surface area contributed by atoms with Crippen LogP contribution in [0, 0.1) is 11.3 Å². The number of ether oxygens (including phenoxy) is 2. The van der Waals surface area contributed by atoms with E-state index in [-0.39, 0.29) is 35.5 Å². The molecule has 28 heavy (non-hydrogen) atoms. The highest BCUT2D eigenvalue weighted by atomic mass is 127. The standard InChI is InChI=1S/C22H37N3O2.HI/c1-6-23-21(24-14-17-9-11-18(12-10-17)16-26-5)25-15-19-8-7-13-27-20(19)22(2,3)4;/h9-12,19-20H,6-8,13-16H2,1-5H3,(H2,23,24,25);1H. The van der Waals surface area contributed by atoms with Gasteiger partial charge in [0.25, 0.3) is 0 Å². The van der Waals surface area contributed by atoms with Crippen LogP contribution < -0.4 is 10.6 Å². The van der Waals surface area contributed by atoms with Crippen molar-refractivity contribution in [3.05, 3.63) is 35.4 Å². The second kappa shape index (κ2) is 12.6. The van der Waals surface area contributed by atoms with Crippen molar-refractivity contribution in [3.8, 4) is 0 Å². The van der Waals surface area contributed by atoms with Gasteiger partial charge in [0.05, 0.1) is 19.3 Å². The van der Waals surface area contributed by atoms with Gasteiger partial charge in [0.1, 0.15) is 0 Å². The molecule has 1 aromatic rings. The summed E-state index contributed by atoms with van der Waals surface area (Å²) in [5.41, 5.74) is 2.54. The molecule has 1 fully saturated rings. The zero-order chi connectivity index (χ0) is 19.7. The third kappa shape index (κ3) is 8.25. The molecule has 0 spiro atoms. The molecule has 2 atom stereocenters. The fraction of sp³-hybridized carbons (Fsp3) is 0.682. The summed E-state index contributed by atoms with van der Waals surface area (Å²) in [4.78, 5) is 4.75. The average Bonchev–Trinajstić information content (AvgIpc) is 2.65. The predicted octanol–water partition coefficient (Wildman–Crippen LogP) is 4.35. The maximum absolute atomic E-state index is 6.10. The Balaban J connectivity index is 0.00000392. The van der Waals surface area contributed by atoms with Crippen molar-refractivity contribution in [3.63, 3.8) is 0 Å². The van der Waals surface area contributed by atoms with Crippen LogP contribution in [0.4, 0.5) is 0 Å². The summed E-state index contributed by atoms with van der Waals surface area (Å²) in [6, 6.07) is 8.43. The van der Waals surface area contributed by atoms with E-state index in [9.17, 15) is 0 Å². The number of benzene rings is 1. The monoisotopic (exact) mass is 503 g/mol. The Morgan fingerprint density at radius 1 is 1.18 bits per heavy atom. The molecule has 2 unspecified atom stereocenters. The van der Waals surface area contributed by atoms with Crippen LogP contribution in [0.3, 0.4) is 0 Å². The largest absolute Gasteiger partial charge is 0.380 e. The van der Waals surface area contributed by atoms with Crippen LogP contribution in [0.1, 0.15) is 51.7 Å². The molecule has 0 saturated carbocycles. The highest BCUT2D eigenvalue weighted by Gasteiger charge is 2.35. The predicted molar refractivity (Wildman–Crippen MR) is 127 cm³/mol. The molecular formula is C22H38IN3O2. The van der Waals surface area contributed by atoms with Crippen LogP contribution in [0.15, 0.2) is 29.3 Å². The fourth-order valence-corrected chi connectivity index (χ4v) is 3.66. The molecule has 160 valence electrons. The molecular weight excluding hydrogens is 465 g/mol. The first kappa shape index (κ1) is 25.2. The third-order valence-electron chi connectivity index (χ3n) is 4.93. The number of methoxy groups -OCH3 is 1. The molecule has 0 aliphatic carbocycles. The lowest BCUT2D eigenvalue weighted by Crippen LogP contribution is -2.47. The molecule has 2 rings (SSSR count). The van der Waals surface area contributed by atoms with Crippen LogP contribution in [-0.4, -0.2) is 38.9 Å². The second-order valence-corrected chi connectivity index (χ2v) is 8.39. The topological polar surface area (TPSA) is 54.9 Å². The Morgan fingerprint density at radius 2 is 1.86 bits per heavy atom. The van der Waals surface area contributed by atoms with Gasteiger partial charge in [-0.1, -0.05) is 45.0 Å². The summed E-state index contributed by atoms with van der Waals surface area (Å²) in [5, 5.41) is 6.89. The van der Waals surface area contributed by atoms with Crippen LogP contribution in [0.2, 0.25) is 0 Å². The number of aliphatic imine (C=N–C) groups is 1. The fourth-order valence-electron chi connectivity index (χ4n) is 3.66. The molecule has 1 aliphatic heterocycles. The van der Waals surface area contributed by atoms with E-state index in [1.165, 1.54) is 17.5 Å². The van der Waals surface area contributed by atoms with E-state index in [0.717, 1.165) is 32.1 Å². The minimum absolute atomic E-state index is 0. The van der Waals surface area contributed by atoms with Crippen molar-refractivity contribution >= 4 is 29.9 Å². The molecule has 0 aromatic heterocycles. The SMILES string of the molecule is CCNC(=NCc1ccc(COC)cc1)NCC1CCCOC1C(C)(C)C.I. The van der Waals surface area contributed by atoms with Crippen molar-refractivity contribution in [2.45, 2.75) is 59.8 Å². The van der Waals surface area contributed by atoms with E-state index in [0.29, 0.717) is 19.1 Å². The number of guanidine groups is 1. The molecule has 0 radical (unpaired) electrons. The van der Waals surface area contributed by atoms with Gasteiger partial charge in [0.2, 0.25) is 0 Å². The van der Waals surface area contributed by atoms with Crippen molar-refractivity contribution < 1.29 is 9.47 Å². The number of halogens is 1. The first-order chi connectivity index (χ1) is 12.9. The van der Waals surface area contributed by atoms with Gasteiger partial charge in [-0.25, -0.2) is 4.99 Å². The van der Waals surface area contributed by atoms with Crippen LogP contribution in [0.5, 0.6) is 0 Å². The van der Waals surface area contributed by atoms with Crippen molar-refractivity contribution in [1.29, 1.82) is 0 Å². The molecule has 1 saturated heterocycles. The minimum Gasteiger partial charge on any atom is -0.380 e. The Hall–Kier alpha value is -0.860. The van der Waals surface area contributed by atoms with Crippen LogP contribution >= 0.6 is 24.0 Å².